The number of thiophene rings is 1. The molecule has 116 valence electrons. The van der Waals surface area contributed by atoms with Gasteiger partial charge >= 0.3 is 0 Å². The van der Waals surface area contributed by atoms with Gasteiger partial charge < -0.3 is 0 Å². The lowest BCUT2D eigenvalue weighted by Crippen LogP contribution is -1.78. The molecule has 0 saturated heterocycles. The van der Waals surface area contributed by atoms with E-state index in [-0.39, 0.29) is 0 Å². The van der Waals surface area contributed by atoms with E-state index in [4.69, 9.17) is 11.6 Å². The molecule has 0 atom stereocenters. The van der Waals surface area contributed by atoms with Crippen molar-refractivity contribution in [2.45, 2.75) is 16.0 Å². The van der Waals surface area contributed by atoms with Crippen molar-refractivity contribution in [3.05, 3.63) is 73.6 Å². The van der Waals surface area contributed by atoms with Crippen LogP contribution in [0.25, 0.3) is 0 Å². The molecule has 1 heterocycles. The van der Waals surface area contributed by atoms with E-state index < -0.39 is 0 Å². The molecule has 23 heavy (non-hydrogen) atoms. The largest absolute Gasteiger partial charge is 0.255 e. The van der Waals surface area contributed by atoms with Gasteiger partial charge in [0, 0.05) is 24.6 Å². The number of aryl methyl sites for hydroxylation is 1. The first kappa shape index (κ1) is 17.0. The minimum absolute atomic E-state index is 0.765. The van der Waals surface area contributed by atoms with Gasteiger partial charge in [0.1, 0.15) is 0 Å². The fraction of sp³-hybridized carbons (Fsp3) is 0.0556. The lowest BCUT2D eigenvalue weighted by atomic mass is 10.2. The topological polar surface area (TPSA) is 12.4 Å². The van der Waals surface area contributed by atoms with Gasteiger partial charge in [-0.25, -0.2) is 0 Å². The molecule has 0 radical (unpaired) electrons. The van der Waals surface area contributed by atoms with Gasteiger partial charge in [-0.2, -0.15) is 0 Å². The molecule has 0 aliphatic heterocycles. The lowest BCUT2D eigenvalue weighted by molar-refractivity contribution is 1.40. The van der Waals surface area contributed by atoms with Crippen LogP contribution in [0.5, 0.6) is 0 Å². The van der Waals surface area contributed by atoms with Crippen LogP contribution in [0, 0.1) is 10.5 Å². The number of hydrogen-bond donors (Lipinski definition) is 0. The summed E-state index contributed by atoms with van der Waals surface area (Å²) in [4.78, 5) is 6.90. The van der Waals surface area contributed by atoms with Crippen molar-refractivity contribution in [1.29, 1.82) is 0 Å². The molecule has 3 aromatic rings. The summed E-state index contributed by atoms with van der Waals surface area (Å²) >= 11 is 11.7. The van der Waals surface area contributed by atoms with Crippen molar-refractivity contribution >= 4 is 69.2 Å². The highest BCUT2D eigenvalue weighted by Gasteiger charge is 2.02. The minimum Gasteiger partial charge on any atom is -0.255 e. The Bertz CT molecular complexity index is 840. The summed E-state index contributed by atoms with van der Waals surface area (Å²) in [5.74, 6) is 0. The van der Waals surface area contributed by atoms with Crippen molar-refractivity contribution in [2.24, 2.45) is 4.99 Å². The van der Waals surface area contributed by atoms with Gasteiger partial charge in [0.2, 0.25) is 0 Å². The van der Waals surface area contributed by atoms with Crippen LogP contribution in [0.15, 0.2) is 68.7 Å². The highest BCUT2D eigenvalue weighted by atomic mass is 127. The van der Waals surface area contributed by atoms with E-state index in [1.165, 1.54) is 18.2 Å². The molecular weight excluding hydrogens is 457 g/mol. The monoisotopic (exact) mass is 469 g/mol. The van der Waals surface area contributed by atoms with E-state index in [0.717, 1.165) is 15.6 Å². The summed E-state index contributed by atoms with van der Waals surface area (Å²) in [7, 11) is 0. The van der Waals surface area contributed by atoms with Crippen molar-refractivity contribution in [1.82, 2.24) is 0 Å². The molecule has 1 aromatic heterocycles. The summed E-state index contributed by atoms with van der Waals surface area (Å²) in [6.07, 6.45) is 1.93. The molecule has 1 nitrogen and oxygen atoms in total. The number of halogens is 2. The highest BCUT2D eigenvalue weighted by Crippen LogP contribution is 2.33. The Morgan fingerprint density at radius 1 is 1.09 bits per heavy atom. The van der Waals surface area contributed by atoms with Crippen molar-refractivity contribution in [3.63, 3.8) is 0 Å². The number of hydrogen-bond acceptors (Lipinski definition) is 3. The summed E-state index contributed by atoms with van der Waals surface area (Å²) in [6, 6.07) is 18.4. The van der Waals surface area contributed by atoms with Crippen molar-refractivity contribution in [3.8, 4) is 0 Å². The number of rotatable bonds is 4. The molecule has 0 N–H and O–H groups in total. The molecule has 0 saturated carbocycles. The molecule has 2 aromatic carbocycles. The molecule has 0 unspecified atom stereocenters. The summed E-state index contributed by atoms with van der Waals surface area (Å²) in [5.41, 5.74) is 2.24. The van der Waals surface area contributed by atoms with Crippen LogP contribution in [0.4, 0.5) is 5.69 Å². The predicted octanol–water partition coefficient (Wildman–Crippen LogP) is 7.22. The predicted molar refractivity (Wildman–Crippen MR) is 111 cm³/mol. The van der Waals surface area contributed by atoms with E-state index in [0.29, 0.717) is 0 Å². The first-order valence-electron chi connectivity index (χ1n) is 6.94. The smallest absolute Gasteiger partial charge is 0.0653 e. The van der Waals surface area contributed by atoms with Gasteiger partial charge in [0.05, 0.1) is 9.90 Å². The number of aliphatic imine (C=N–C) groups is 1. The van der Waals surface area contributed by atoms with Crippen LogP contribution in [0.1, 0.15) is 10.4 Å². The maximum absolute atomic E-state index is 5.91. The molecule has 0 amide bonds. The summed E-state index contributed by atoms with van der Waals surface area (Å²) in [6.45, 7) is 2.10. The first-order valence-corrected chi connectivity index (χ1v) is 10.0. The zero-order valence-corrected chi connectivity index (χ0v) is 16.8. The first-order chi connectivity index (χ1) is 11.1. The Kier molecular flexibility index (Phi) is 5.80. The fourth-order valence-electron chi connectivity index (χ4n) is 1.92. The molecule has 0 fully saturated rings. The van der Waals surface area contributed by atoms with Crippen LogP contribution in [-0.4, -0.2) is 6.21 Å². The van der Waals surface area contributed by atoms with E-state index in [9.17, 15) is 0 Å². The number of benzene rings is 2. The summed E-state index contributed by atoms with van der Waals surface area (Å²) in [5, 5.41) is 0.765. The van der Waals surface area contributed by atoms with E-state index in [2.05, 4.69) is 58.8 Å². The number of nitrogens with zero attached hydrogens (tertiary/aromatic N) is 1. The average molecular weight is 470 g/mol. The van der Waals surface area contributed by atoms with Crippen LogP contribution < -0.4 is 0 Å². The summed E-state index contributed by atoms with van der Waals surface area (Å²) < 4.78 is 2.51. The van der Waals surface area contributed by atoms with Gasteiger partial charge in [-0.1, -0.05) is 23.4 Å². The van der Waals surface area contributed by atoms with E-state index in [1.54, 1.807) is 23.1 Å². The zero-order chi connectivity index (χ0) is 16.2. The molecule has 0 bridgehead atoms. The zero-order valence-electron chi connectivity index (χ0n) is 12.3. The maximum atomic E-state index is 5.91. The third-order valence-corrected chi connectivity index (χ3v) is 6.74. The van der Waals surface area contributed by atoms with Gasteiger partial charge in [0.25, 0.3) is 0 Å². The third kappa shape index (κ3) is 4.83. The van der Waals surface area contributed by atoms with Crippen molar-refractivity contribution < 1.29 is 0 Å². The van der Waals surface area contributed by atoms with Gasteiger partial charge in [-0.15, -0.1) is 11.3 Å². The second-order valence-corrected chi connectivity index (χ2v) is 8.99. The second-order valence-electron chi connectivity index (χ2n) is 4.90. The Labute approximate surface area is 162 Å². The highest BCUT2D eigenvalue weighted by molar-refractivity contribution is 14.1. The molecular formula is C18H13ClINS2. The maximum Gasteiger partial charge on any atom is 0.0653 e. The Balaban J connectivity index is 1.70. The van der Waals surface area contributed by atoms with Gasteiger partial charge in [0.15, 0.2) is 0 Å². The van der Waals surface area contributed by atoms with E-state index >= 15 is 0 Å². The molecule has 0 aliphatic carbocycles. The van der Waals surface area contributed by atoms with E-state index in [1.807, 2.05) is 36.5 Å². The molecule has 5 heteroatoms. The van der Waals surface area contributed by atoms with Gasteiger partial charge in [-0.3, -0.25) is 4.99 Å². The lowest BCUT2D eigenvalue weighted by Gasteiger charge is -1.99. The van der Waals surface area contributed by atoms with Crippen LogP contribution in [-0.2, 0) is 0 Å². The Hall–Kier alpha value is -0.820. The quantitative estimate of drug-likeness (QED) is 0.290. The molecule has 0 aliphatic rings. The second kappa shape index (κ2) is 7.83. The normalized spacial score (nSPS) is 11.3. The van der Waals surface area contributed by atoms with Crippen LogP contribution in [0.3, 0.4) is 0 Å². The van der Waals surface area contributed by atoms with Crippen LogP contribution >= 0.6 is 57.3 Å². The Morgan fingerprint density at radius 2 is 1.87 bits per heavy atom. The van der Waals surface area contributed by atoms with Crippen LogP contribution in [0.2, 0.25) is 5.02 Å². The average Bonchev–Trinajstić information content (AvgIpc) is 2.98. The Morgan fingerprint density at radius 3 is 2.61 bits per heavy atom. The van der Waals surface area contributed by atoms with Gasteiger partial charge in [-0.05, 0) is 89.7 Å². The molecule has 3 rings (SSSR count). The SMILES string of the molecule is Cc1cc(N=Cc2ccc(Sc3ccc(Cl)cc3)s2)ccc1I. The van der Waals surface area contributed by atoms with Crippen molar-refractivity contribution in [2.75, 3.05) is 0 Å². The fourth-order valence-corrected chi connectivity index (χ4v) is 4.38. The molecule has 0 spiro atoms. The minimum atomic E-state index is 0.765. The standard InChI is InChI=1S/C18H13ClINS2/c1-12-10-14(4-8-17(12)20)21-11-16-7-9-18(23-16)22-15-5-2-13(19)3-6-15/h2-11H,1H3. The third-order valence-electron chi connectivity index (χ3n) is 3.12.